The summed E-state index contributed by atoms with van der Waals surface area (Å²) in [6, 6.07) is 10.3. The number of rotatable bonds is 6. The van der Waals surface area contributed by atoms with Gasteiger partial charge in [-0.05, 0) is 39.3 Å². The third-order valence-electron chi connectivity index (χ3n) is 3.45. The summed E-state index contributed by atoms with van der Waals surface area (Å²) < 4.78 is 9.82. The number of carboxylic acid groups (broad SMARTS) is 2. The van der Waals surface area contributed by atoms with E-state index in [-0.39, 0.29) is 6.10 Å². The van der Waals surface area contributed by atoms with Crippen molar-refractivity contribution in [3.63, 3.8) is 0 Å². The summed E-state index contributed by atoms with van der Waals surface area (Å²) in [5.74, 6) is -3.65. The Balaban J connectivity index is 0.000000527. The standard InChI is InChI=1S/C17H25N3O.C2H2O4/c1-14(2)21-12-8-11-18-17-19(4)13-15(3)20(17)16-9-6-5-7-10-16;3-1(4)2(5)6/h5-7,9-10,13-14H,8,11-12H2,1-4H3;(H,3,4)(H,5,6). The Kier molecular flexibility index (Phi) is 9.01. The first-order chi connectivity index (χ1) is 12.7. The van der Waals surface area contributed by atoms with E-state index in [1.165, 1.54) is 5.69 Å². The number of carboxylic acids is 2. The summed E-state index contributed by atoms with van der Waals surface area (Å²) >= 11 is 0. The van der Waals surface area contributed by atoms with Crippen LogP contribution in [0.15, 0.2) is 41.5 Å². The molecule has 1 aromatic carbocycles. The van der Waals surface area contributed by atoms with Crippen molar-refractivity contribution in [2.24, 2.45) is 12.0 Å². The minimum absolute atomic E-state index is 0.288. The smallest absolute Gasteiger partial charge is 0.414 e. The van der Waals surface area contributed by atoms with E-state index >= 15 is 0 Å². The van der Waals surface area contributed by atoms with Crippen molar-refractivity contribution >= 4 is 11.9 Å². The molecule has 2 aromatic rings. The fourth-order valence-electron chi connectivity index (χ4n) is 2.35. The summed E-state index contributed by atoms with van der Waals surface area (Å²) in [4.78, 5) is 22.9. The average Bonchev–Trinajstić information content (AvgIpc) is 2.89. The number of imidazole rings is 1. The van der Waals surface area contributed by atoms with Gasteiger partial charge in [0.25, 0.3) is 0 Å². The maximum absolute atomic E-state index is 9.10. The van der Waals surface area contributed by atoms with Gasteiger partial charge in [0.1, 0.15) is 0 Å². The molecule has 2 rings (SSSR count). The number of aromatic nitrogens is 2. The lowest BCUT2D eigenvalue weighted by atomic mass is 10.3. The Morgan fingerprint density at radius 2 is 1.74 bits per heavy atom. The van der Waals surface area contributed by atoms with E-state index in [1.54, 1.807) is 0 Å². The molecule has 0 saturated carbocycles. The number of ether oxygens (including phenoxy) is 1. The van der Waals surface area contributed by atoms with Gasteiger partial charge < -0.3 is 19.5 Å². The molecular formula is C19H27N3O5. The SMILES string of the molecule is Cc1cn(C)c(=NCCCOC(C)C)n1-c1ccccc1.O=C(O)C(=O)O. The first-order valence-electron chi connectivity index (χ1n) is 8.62. The molecule has 0 saturated heterocycles. The minimum atomic E-state index is -1.82. The van der Waals surface area contributed by atoms with E-state index in [9.17, 15) is 0 Å². The van der Waals surface area contributed by atoms with Gasteiger partial charge in [0.05, 0.1) is 6.10 Å². The van der Waals surface area contributed by atoms with Gasteiger partial charge in [0, 0.05) is 37.8 Å². The predicted molar refractivity (Wildman–Crippen MR) is 101 cm³/mol. The van der Waals surface area contributed by atoms with E-state index in [2.05, 4.69) is 60.4 Å². The second-order valence-electron chi connectivity index (χ2n) is 6.12. The lowest BCUT2D eigenvalue weighted by Crippen LogP contribution is -2.24. The lowest BCUT2D eigenvalue weighted by molar-refractivity contribution is -0.159. The van der Waals surface area contributed by atoms with Crippen LogP contribution in [0.2, 0.25) is 0 Å². The van der Waals surface area contributed by atoms with Crippen LogP contribution in [0.25, 0.3) is 5.69 Å². The Hall–Kier alpha value is -2.87. The van der Waals surface area contributed by atoms with Gasteiger partial charge in [-0.2, -0.15) is 0 Å². The highest BCUT2D eigenvalue weighted by Gasteiger charge is 2.06. The van der Waals surface area contributed by atoms with E-state index in [4.69, 9.17) is 29.5 Å². The summed E-state index contributed by atoms with van der Waals surface area (Å²) in [7, 11) is 2.04. The number of benzene rings is 1. The monoisotopic (exact) mass is 377 g/mol. The van der Waals surface area contributed by atoms with Crippen molar-refractivity contribution in [2.45, 2.75) is 33.3 Å². The molecule has 8 nitrogen and oxygen atoms in total. The van der Waals surface area contributed by atoms with Crippen LogP contribution in [0.3, 0.4) is 0 Å². The molecule has 27 heavy (non-hydrogen) atoms. The van der Waals surface area contributed by atoms with E-state index < -0.39 is 11.9 Å². The number of nitrogens with zero attached hydrogens (tertiary/aromatic N) is 3. The molecule has 0 radical (unpaired) electrons. The molecule has 0 spiro atoms. The highest BCUT2D eigenvalue weighted by atomic mass is 16.5. The molecule has 0 amide bonds. The van der Waals surface area contributed by atoms with Gasteiger partial charge in [-0.3, -0.25) is 9.56 Å². The van der Waals surface area contributed by atoms with Crippen LogP contribution in [0.5, 0.6) is 0 Å². The molecular weight excluding hydrogens is 350 g/mol. The van der Waals surface area contributed by atoms with Crippen molar-refractivity contribution in [3.8, 4) is 5.69 Å². The zero-order chi connectivity index (χ0) is 20.4. The van der Waals surface area contributed by atoms with Crippen molar-refractivity contribution in [1.29, 1.82) is 0 Å². The molecule has 0 unspecified atom stereocenters. The number of carbonyl (C=O) groups is 2. The summed E-state index contributed by atoms with van der Waals surface area (Å²) in [6.45, 7) is 7.75. The normalized spacial score (nSPS) is 11.2. The summed E-state index contributed by atoms with van der Waals surface area (Å²) in [6.07, 6.45) is 3.34. The van der Waals surface area contributed by atoms with E-state index in [0.717, 1.165) is 30.9 Å². The third kappa shape index (κ3) is 7.49. The quantitative estimate of drug-likeness (QED) is 0.592. The lowest BCUT2D eigenvalue weighted by Gasteiger charge is -2.07. The predicted octanol–water partition coefficient (Wildman–Crippen LogP) is 2.00. The first kappa shape index (κ1) is 22.2. The highest BCUT2D eigenvalue weighted by molar-refractivity contribution is 6.27. The van der Waals surface area contributed by atoms with Crippen molar-refractivity contribution in [1.82, 2.24) is 9.13 Å². The van der Waals surface area contributed by atoms with Gasteiger partial charge in [-0.1, -0.05) is 18.2 Å². The fraction of sp³-hybridized carbons (Fsp3) is 0.421. The molecule has 148 valence electrons. The van der Waals surface area contributed by atoms with Crippen LogP contribution in [-0.2, 0) is 21.4 Å². The summed E-state index contributed by atoms with van der Waals surface area (Å²) in [5.41, 5.74) is 3.30. The maximum atomic E-state index is 9.10. The molecule has 0 aliphatic carbocycles. The number of aryl methyl sites for hydroxylation is 2. The minimum Gasteiger partial charge on any atom is -0.473 e. The second-order valence-corrected chi connectivity index (χ2v) is 6.12. The van der Waals surface area contributed by atoms with Gasteiger partial charge in [-0.15, -0.1) is 0 Å². The molecule has 0 fully saturated rings. The maximum Gasteiger partial charge on any atom is 0.414 e. The van der Waals surface area contributed by atoms with Crippen LogP contribution < -0.4 is 5.62 Å². The Morgan fingerprint density at radius 3 is 2.26 bits per heavy atom. The van der Waals surface area contributed by atoms with Crippen LogP contribution in [0.4, 0.5) is 0 Å². The van der Waals surface area contributed by atoms with Crippen LogP contribution >= 0.6 is 0 Å². The van der Waals surface area contributed by atoms with E-state index in [1.807, 2.05) is 13.1 Å². The Labute approximate surface area is 158 Å². The second kappa shape index (κ2) is 11.0. The van der Waals surface area contributed by atoms with Gasteiger partial charge in [-0.25, -0.2) is 9.59 Å². The zero-order valence-corrected chi connectivity index (χ0v) is 16.1. The van der Waals surface area contributed by atoms with Crippen molar-refractivity contribution < 1.29 is 24.5 Å². The molecule has 1 heterocycles. The number of para-hydroxylation sites is 1. The molecule has 0 bridgehead atoms. The first-order valence-corrected chi connectivity index (χ1v) is 8.62. The van der Waals surface area contributed by atoms with E-state index in [0.29, 0.717) is 0 Å². The molecule has 0 atom stereocenters. The van der Waals surface area contributed by atoms with Crippen molar-refractivity contribution in [2.75, 3.05) is 13.2 Å². The van der Waals surface area contributed by atoms with Crippen LogP contribution in [0.1, 0.15) is 26.0 Å². The Morgan fingerprint density at radius 1 is 1.15 bits per heavy atom. The topological polar surface area (TPSA) is 106 Å². The number of aliphatic carboxylic acids is 2. The zero-order valence-electron chi connectivity index (χ0n) is 16.1. The average molecular weight is 377 g/mol. The molecule has 2 N–H and O–H groups in total. The van der Waals surface area contributed by atoms with Crippen LogP contribution in [-0.4, -0.2) is 50.5 Å². The van der Waals surface area contributed by atoms with Crippen molar-refractivity contribution in [3.05, 3.63) is 47.8 Å². The largest absolute Gasteiger partial charge is 0.473 e. The van der Waals surface area contributed by atoms with Gasteiger partial charge in [0.15, 0.2) is 0 Å². The molecule has 8 heteroatoms. The Bertz CT molecular complexity index is 794. The number of hydrogen-bond donors (Lipinski definition) is 2. The third-order valence-corrected chi connectivity index (χ3v) is 3.45. The summed E-state index contributed by atoms with van der Waals surface area (Å²) in [5, 5.41) is 14.8. The van der Waals surface area contributed by atoms with Crippen LogP contribution in [0, 0.1) is 6.92 Å². The molecule has 0 aliphatic rings. The molecule has 0 aliphatic heterocycles. The highest BCUT2D eigenvalue weighted by Crippen LogP contribution is 2.07. The van der Waals surface area contributed by atoms with Gasteiger partial charge in [0.2, 0.25) is 5.62 Å². The van der Waals surface area contributed by atoms with Gasteiger partial charge >= 0.3 is 11.9 Å². The molecule has 1 aromatic heterocycles. The fourth-order valence-corrected chi connectivity index (χ4v) is 2.35. The number of hydrogen-bond acceptors (Lipinski definition) is 4.